The lowest BCUT2D eigenvalue weighted by atomic mass is 9.91. The number of alkyl halides is 3. The molecule has 2 aromatic rings. The van der Waals surface area contributed by atoms with Crippen molar-refractivity contribution in [2.24, 2.45) is 0 Å². The zero-order valence-electron chi connectivity index (χ0n) is 18.4. The maximum absolute atomic E-state index is 13.2. The molecule has 0 radical (unpaired) electrons. The molecule has 0 unspecified atom stereocenters. The Morgan fingerprint density at radius 1 is 1.03 bits per heavy atom. The molecule has 1 fully saturated rings. The third kappa shape index (κ3) is 7.41. The van der Waals surface area contributed by atoms with Crippen LogP contribution in [-0.4, -0.2) is 47.2 Å². The van der Waals surface area contributed by atoms with Crippen LogP contribution >= 0.6 is 0 Å². The zero-order valence-corrected chi connectivity index (χ0v) is 18.4. The van der Waals surface area contributed by atoms with Gasteiger partial charge >= 0.3 is 12.1 Å². The van der Waals surface area contributed by atoms with Crippen molar-refractivity contribution in [3.8, 4) is 0 Å². The molecular weight excluding hydrogens is 452 g/mol. The molecule has 1 amide bonds. The first-order valence-electron chi connectivity index (χ1n) is 11.0. The molecule has 2 aliphatic rings. The Bertz CT molecular complexity index is 1050. The summed E-state index contributed by atoms with van der Waals surface area (Å²) in [6, 6.07) is 13.2. The van der Waals surface area contributed by atoms with Crippen LogP contribution < -0.4 is 5.32 Å². The Balaban J connectivity index is 0.000000406. The molecule has 1 saturated carbocycles. The monoisotopic (exact) mass is 478 g/mol. The van der Waals surface area contributed by atoms with Crippen LogP contribution in [0.25, 0.3) is 6.08 Å². The topological polar surface area (TPSA) is 69.6 Å². The van der Waals surface area contributed by atoms with E-state index in [9.17, 15) is 22.4 Å². The fourth-order valence-electron chi connectivity index (χ4n) is 3.90. The molecule has 2 aromatic carbocycles. The van der Waals surface area contributed by atoms with E-state index in [0.717, 1.165) is 37.7 Å². The van der Waals surface area contributed by atoms with Gasteiger partial charge in [-0.05, 0) is 72.7 Å². The van der Waals surface area contributed by atoms with Crippen LogP contribution in [0.1, 0.15) is 36.0 Å². The molecule has 0 aromatic heterocycles. The number of hydrogen-bond acceptors (Lipinski definition) is 3. The van der Waals surface area contributed by atoms with E-state index < -0.39 is 12.1 Å². The molecule has 182 valence electrons. The number of aliphatic carboxylic acids is 1. The molecule has 0 spiro atoms. The summed E-state index contributed by atoms with van der Waals surface area (Å²) in [5, 5.41) is 10.0. The number of benzene rings is 2. The van der Waals surface area contributed by atoms with Crippen molar-refractivity contribution in [3.05, 3.63) is 71.0 Å². The lowest BCUT2D eigenvalue weighted by molar-refractivity contribution is -0.192. The quantitative estimate of drug-likeness (QED) is 0.476. The van der Waals surface area contributed by atoms with Crippen LogP contribution in [0.5, 0.6) is 0 Å². The number of fused-ring (bicyclic) bond motifs is 1. The van der Waals surface area contributed by atoms with Crippen LogP contribution in [0, 0.1) is 5.82 Å². The Morgan fingerprint density at radius 3 is 2.29 bits per heavy atom. The third-order valence-corrected chi connectivity index (χ3v) is 5.92. The number of carboxylic acid groups (broad SMARTS) is 1. The van der Waals surface area contributed by atoms with Crippen LogP contribution in [0.2, 0.25) is 0 Å². The molecular formula is C25H26F4N2O3. The summed E-state index contributed by atoms with van der Waals surface area (Å²) >= 11 is 0. The first-order chi connectivity index (χ1) is 16.1. The molecule has 5 nitrogen and oxygen atoms in total. The van der Waals surface area contributed by atoms with E-state index in [-0.39, 0.29) is 11.7 Å². The normalized spacial score (nSPS) is 16.6. The minimum absolute atomic E-state index is 0.205. The van der Waals surface area contributed by atoms with Gasteiger partial charge in [0.15, 0.2) is 0 Å². The number of halogens is 4. The van der Waals surface area contributed by atoms with Gasteiger partial charge < -0.3 is 10.4 Å². The van der Waals surface area contributed by atoms with Crippen LogP contribution in [-0.2, 0) is 22.4 Å². The Labute approximate surface area is 195 Å². The molecule has 0 atom stereocenters. The molecule has 1 aliphatic heterocycles. The summed E-state index contributed by atoms with van der Waals surface area (Å²) < 4.78 is 44.9. The van der Waals surface area contributed by atoms with Crippen LogP contribution in [0.4, 0.5) is 23.2 Å². The van der Waals surface area contributed by atoms with Crippen molar-refractivity contribution in [1.82, 2.24) is 4.90 Å². The molecule has 4 rings (SSSR count). The number of rotatable bonds is 4. The lowest BCUT2D eigenvalue weighted by Crippen LogP contribution is -2.41. The highest BCUT2D eigenvalue weighted by atomic mass is 19.4. The Kier molecular flexibility index (Phi) is 8.44. The van der Waals surface area contributed by atoms with Gasteiger partial charge in [0.05, 0.1) is 0 Å². The summed E-state index contributed by atoms with van der Waals surface area (Å²) in [4.78, 5) is 23.7. The van der Waals surface area contributed by atoms with Gasteiger partial charge in [0, 0.05) is 30.9 Å². The predicted octanol–water partition coefficient (Wildman–Crippen LogP) is 5.06. The summed E-state index contributed by atoms with van der Waals surface area (Å²) in [6.07, 6.45) is 4.16. The van der Waals surface area contributed by atoms with Crippen molar-refractivity contribution < 1.29 is 32.3 Å². The Morgan fingerprint density at radius 2 is 1.71 bits per heavy atom. The van der Waals surface area contributed by atoms with Gasteiger partial charge in [-0.25, -0.2) is 9.18 Å². The van der Waals surface area contributed by atoms with Crippen molar-refractivity contribution >= 4 is 23.6 Å². The van der Waals surface area contributed by atoms with E-state index in [4.69, 9.17) is 9.90 Å². The summed E-state index contributed by atoms with van der Waals surface area (Å²) in [5.74, 6) is -3.27. The predicted molar refractivity (Wildman–Crippen MR) is 121 cm³/mol. The molecule has 2 N–H and O–H groups in total. The van der Waals surface area contributed by atoms with Crippen LogP contribution in [0.15, 0.2) is 48.5 Å². The van der Waals surface area contributed by atoms with Gasteiger partial charge in [-0.2, -0.15) is 13.2 Å². The fraction of sp³-hybridized carbons (Fsp3) is 0.360. The number of hydrogen-bond donors (Lipinski definition) is 2. The largest absolute Gasteiger partial charge is 0.490 e. The maximum atomic E-state index is 13.2. The highest BCUT2D eigenvalue weighted by molar-refractivity contribution is 6.02. The molecule has 1 heterocycles. The standard InChI is InChI=1S/C23H25FN2O.C2HF3O2/c24-20-4-1-3-17(15-20)7-10-23(27)25-21-9-8-18-11-13-26(22-5-2-6-22)14-12-19(18)16-21;3-2(4,5)1(6)7/h1,3-4,7-10,15-16,22H,2,5-6,11-14H2,(H,25,27);(H,6,7)/b10-7+;. The minimum Gasteiger partial charge on any atom is -0.475 e. The number of carboxylic acids is 1. The number of nitrogens with one attached hydrogen (secondary N) is 1. The summed E-state index contributed by atoms with van der Waals surface area (Å²) in [5.41, 5.74) is 4.22. The molecule has 0 bridgehead atoms. The van der Waals surface area contributed by atoms with E-state index in [2.05, 4.69) is 22.3 Å². The SMILES string of the molecule is O=C(/C=C/c1cccc(F)c1)Nc1ccc2c(c1)CCN(C1CCC1)CC2.O=C(O)C(F)(F)F. The minimum atomic E-state index is -5.08. The van der Waals surface area contributed by atoms with E-state index >= 15 is 0 Å². The molecule has 34 heavy (non-hydrogen) atoms. The third-order valence-electron chi connectivity index (χ3n) is 5.92. The second-order valence-corrected chi connectivity index (χ2v) is 8.28. The van der Waals surface area contributed by atoms with Gasteiger partial charge in [-0.1, -0.05) is 24.6 Å². The van der Waals surface area contributed by atoms with Gasteiger partial charge in [0.25, 0.3) is 0 Å². The van der Waals surface area contributed by atoms with E-state index in [0.29, 0.717) is 5.56 Å². The van der Waals surface area contributed by atoms with Crippen molar-refractivity contribution in [3.63, 3.8) is 0 Å². The highest BCUT2D eigenvalue weighted by Crippen LogP contribution is 2.28. The number of carbonyl (C=O) groups is 2. The highest BCUT2D eigenvalue weighted by Gasteiger charge is 2.38. The molecule has 0 saturated heterocycles. The Hall–Kier alpha value is -3.20. The number of nitrogens with zero attached hydrogens (tertiary/aromatic N) is 1. The fourth-order valence-corrected chi connectivity index (χ4v) is 3.90. The first-order valence-corrected chi connectivity index (χ1v) is 11.0. The summed E-state index contributed by atoms with van der Waals surface area (Å²) in [7, 11) is 0. The first kappa shape index (κ1) is 25.4. The van der Waals surface area contributed by atoms with Crippen molar-refractivity contribution in [2.75, 3.05) is 18.4 Å². The second kappa shape index (κ2) is 11.3. The molecule has 1 aliphatic carbocycles. The number of amides is 1. The summed E-state index contributed by atoms with van der Waals surface area (Å²) in [6.45, 7) is 2.24. The van der Waals surface area contributed by atoms with E-state index in [1.807, 2.05) is 6.07 Å². The number of carbonyl (C=O) groups excluding carboxylic acids is 1. The van der Waals surface area contributed by atoms with Gasteiger partial charge in [-0.15, -0.1) is 0 Å². The van der Waals surface area contributed by atoms with E-state index in [1.54, 1.807) is 18.2 Å². The smallest absolute Gasteiger partial charge is 0.475 e. The van der Waals surface area contributed by atoms with Gasteiger partial charge in [0.2, 0.25) is 5.91 Å². The lowest BCUT2D eigenvalue weighted by Gasteiger charge is -2.36. The second-order valence-electron chi connectivity index (χ2n) is 8.28. The van der Waals surface area contributed by atoms with Gasteiger partial charge in [-0.3, -0.25) is 9.69 Å². The van der Waals surface area contributed by atoms with Crippen LogP contribution in [0.3, 0.4) is 0 Å². The average molecular weight is 478 g/mol. The average Bonchev–Trinajstić information content (AvgIpc) is 2.93. The van der Waals surface area contributed by atoms with Crippen molar-refractivity contribution in [2.45, 2.75) is 44.3 Å². The van der Waals surface area contributed by atoms with E-state index in [1.165, 1.54) is 48.6 Å². The molecule has 9 heteroatoms. The van der Waals surface area contributed by atoms with Crippen molar-refractivity contribution in [1.29, 1.82) is 0 Å². The van der Waals surface area contributed by atoms with Gasteiger partial charge in [0.1, 0.15) is 5.82 Å². The zero-order chi connectivity index (χ0) is 24.7. The maximum Gasteiger partial charge on any atom is 0.490 e. The number of anilines is 1.